The Hall–Kier alpha value is -1.58. The van der Waals surface area contributed by atoms with Crippen LogP contribution in [-0.2, 0) is 0 Å². The van der Waals surface area contributed by atoms with Crippen LogP contribution in [0.3, 0.4) is 0 Å². The van der Waals surface area contributed by atoms with E-state index in [1.54, 1.807) is 6.07 Å². The summed E-state index contributed by atoms with van der Waals surface area (Å²) in [6, 6.07) is 13.0. The SMILES string of the molecule is Cc1cc2c(-c3cccc(Br)c3)cc(=O)oc2cc1Cl. The van der Waals surface area contributed by atoms with Crippen molar-refractivity contribution in [1.82, 2.24) is 0 Å². The van der Waals surface area contributed by atoms with E-state index in [1.165, 1.54) is 6.07 Å². The third kappa shape index (κ3) is 2.39. The zero-order chi connectivity index (χ0) is 14.3. The fraction of sp³-hybridized carbons (Fsp3) is 0.0625. The molecule has 0 unspecified atom stereocenters. The highest BCUT2D eigenvalue weighted by Crippen LogP contribution is 2.31. The van der Waals surface area contributed by atoms with Gasteiger partial charge in [-0.05, 0) is 41.8 Å². The van der Waals surface area contributed by atoms with E-state index in [1.807, 2.05) is 37.3 Å². The minimum absolute atomic E-state index is 0.382. The summed E-state index contributed by atoms with van der Waals surface area (Å²) in [4.78, 5) is 11.7. The maximum Gasteiger partial charge on any atom is 0.336 e. The molecule has 0 radical (unpaired) electrons. The van der Waals surface area contributed by atoms with Crippen molar-refractivity contribution in [2.24, 2.45) is 0 Å². The average molecular weight is 350 g/mol. The van der Waals surface area contributed by atoms with Crippen LogP contribution in [0.4, 0.5) is 0 Å². The van der Waals surface area contributed by atoms with E-state index in [0.717, 1.165) is 26.5 Å². The molecule has 0 saturated carbocycles. The summed E-state index contributed by atoms with van der Waals surface area (Å²) in [6.45, 7) is 1.93. The van der Waals surface area contributed by atoms with Gasteiger partial charge in [-0.2, -0.15) is 0 Å². The van der Waals surface area contributed by atoms with Crippen LogP contribution in [0.15, 0.2) is 56.1 Å². The number of hydrogen-bond donors (Lipinski definition) is 0. The lowest BCUT2D eigenvalue weighted by molar-refractivity contribution is 0.561. The van der Waals surface area contributed by atoms with Gasteiger partial charge in [0.2, 0.25) is 0 Å². The van der Waals surface area contributed by atoms with E-state index in [2.05, 4.69) is 15.9 Å². The molecule has 0 atom stereocenters. The molecular formula is C16H10BrClO2. The van der Waals surface area contributed by atoms with Crippen molar-refractivity contribution >= 4 is 38.5 Å². The molecule has 0 aliphatic rings. The normalized spacial score (nSPS) is 10.9. The number of fused-ring (bicyclic) bond motifs is 1. The first kappa shape index (κ1) is 13.4. The molecule has 1 heterocycles. The average Bonchev–Trinajstić information content (AvgIpc) is 2.40. The van der Waals surface area contributed by atoms with Gasteiger partial charge < -0.3 is 4.42 Å². The fourth-order valence-corrected chi connectivity index (χ4v) is 2.74. The predicted molar refractivity (Wildman–Crippen MR) is 85.4 cm³/mol. The summed E-state index contributed by atoms with van der Waals surface area (Å²) in [5.74, 6) is 0. The Morgan fingerprint density at radius 3 is 2.70 bits per heavy atom. The topological polar surface area (TPSA) is 30.2 Å². The molecule has 0 aliphatic heterocycles. The highest BCUT2D eigenvalue weighted by molar-refractivity contribution is 9.10. The highest BCUT2D eigenvalue weighted by Gasteiger charge is 2.10. The Kier molecular flexibility index (Phi) is 3.40. The van der Waals surface area contributed by atoms with Crippen molar-refractivity contribution < 1.29 is 4.42 Å². The first-order valence-corrected chi connectivity index (χ1v) is 7.21. The molecule has 2 nitrogen and oxygen atoms in total. The van der Waals surface area contributed by atoms with E-state index in [0.29, 0.717) is 10.6 Å². The molecule has 0 bridgehead atoms. The minimum Gasteiger partial charge on any atom is -0.423 e. The second-order valence-corrected chi connectivity index (χ2v) is 5.91. The Morgan fingerprint density at radius 1 is 1.15 bits per heavy atom. The summed E-state index contributed by atoms with van der Waals surface area (Å²) >= 11 is 9.54. The quantitative estimate of drug-likeness (QED) is 0.566. The minimum atomic E-state index is -0.382. The van der Waals surface area contributed by atoms with Crippen molar-refractivity contribution in [2.75, 3.05) is 0 Å². The van der Waals surface area contributed by atoms with Crippen molar-refractivity contribution in [3.63, 3.8) is 0 Å². The largest absolute Gasteiger partial charge is 0.423 e. The van der Waals surface area contributed by atoms with Gasteiger partial charge in [0.05, 0.1) is 0 Å². The summed E-state index contributed by atoms with van der Waals surface area (Å²) < 4.78 is 6.20. The van der Waals surface area contributed by atoms with Crippen LogP contribution in [0.1, 0.15) is 5.56 Å². The molecule has 0 aliphatic carbocycles. The molecule has 0 N–H and O–H groups in total. The molecule has 2 aromatic carbocycles. The van der Waals surface area contributed by atoms with Gasteiger partial charge in [0, 0.05) is 27.0 Å². The van der Waals surface area contributed by atoms with Gasteiger partial charge >= 0.3 is 5.63 Å². The summed E-state index contributed by atoms with van der Waals surface area (Å²) in [7, 11) is 0. The summed E-state index contributed by atoms with van der Waals surface area (Å²) in [5.41, 5.74) is 2.87. The second kappa shape index (κ2) is 5.08. The Labute approximate surface area is 129 Å². The molecule has 0 amide bonds. The third-order valence-electron chi connectivity index (χ3n) is 3.16. The lowest BCUT2D eigenvalue weighted by Crippen LogP contribution is -1.98. The van der Waals surface area contributed by atoms with E-state index in [9.17, 15) is 4.79 Å². The second-order valence-electron chi connectivity index (χ2n) is 4.59. The molecule has 0 saturated heterocycles. The first-order chi connectivity index (χ1) is 9.54. The zero-order valence-corrected chi connectivity index (χ0v) is 13.0. The molecule has 0 fully saturated rings. The number of halogens is 2. The Morgan fingerprint density at radius 2 is 1.95 bits per heavy atom. The fourth-order valence-electron chi connectivity index (χ4n) is 2.19. The molecule has 3 aromatic rings. The molecular weight excluding hydrogens is 340 g/mol. The Bertz CT molecular complexity index is 868. The highest BCUT2D eigenvalue weighted by atomic mass is 79.9. The van der Waals surface area contributed by atoms with Gasteiger partial charge in [0.25, 0.3) is 0 Å². The lowest BCUT2D eigenvalue weighted by Gasteiger charge is -2.08. The molecule has 1 aromatic heterocycles. The molecule has 100 valence electrons. The van der Waals surface area contributed by atoms with Gasteiger partial charge in [-0.25, -0.2) is 4.79 Å². The number of benzene rings is 2. The number of hydrogen-bond acceptors (Lipinski definition) is 2. The van der Waals surface area contributed by atoms with Crippen LogP contribution in [-0.4, -0.2) is 0 Å². The summed E-state index contributed by atoms with van der Waals surface area (Å²) in [6.07, 6.45) is 0. The van der Waals surface area contributed by atoms with Gasteiger partial charge in [-0.3, -0.25) is 0 Å². The van der Waals surface area contributed by atoms with E-state index in [4.69, 9.17) is 16.0 Å². The summed E-state index contributed by atoms with van der Waals surface area (Å²) in [5, 5.41) is 1.47. The Balaban J connectivity index is 2.40. The predicted octanol–water partition coefficient (Wildman–Crippen LogP) is 5.18. The third-order valence-corrected chi connectivity index (χ3v) is 4.06. The lowest BCUT2D eigenvalue weighted by atomic mass is 10.0. The molecule has 20 heavy (non-hydrogen) atoms. The maximum absolute atomic E-state index is 11.7. The van der Waals surface area contributed by atoms with E-state index < -0.39 is 0 Å². The van der Waals surface area contributed by atoms with Gasteiger partial charge in [0.15, 0.2) is 0 Å². The van der Waals surface area contributed by atoms with Crippen molar-refractivity contribution in [3.8, 4) is 11.1 Å². The number of rotatable bonds is 1. The van der Waals surface area contributed by atoms with Crippen LogP contribution in [0.25, 0.3) is 22.1 Å². The van der Waals surface area contributed by atoms with Gasteiger partial charge in [-0.1, -0.05) is 39.7 Å². The maximum atomic E-state index is 11.7. The van der Waals surface area contributed by atoms with Gasteiger partial charge in [0.1, 0.15) is 5.58 Å². The zero-order valence-electron chi connectivity index (χ0n) is 10.6. The monoisotopic (exact) mass is 348 g/mol. The van der Waals surface area contributed by atoms with Gasteiger partial charge in [-0.15, -0.1) is 0 Å². The van der Waals surface area contributed by atoms with E-state index >= 15 is 0 Å². The standard InChI is InChI=1S/C16H10BrClO2/c1-9-5-13-12(10-3-2-4-11(17)6-10)7-16(19)20-15(13)8-14(9)18/h2-8H,1H3. The smallest absolute Gasteiger partial charge is 0.336 e. The van der Waals surface area contributed by atoms with Crippen molar-refractivity contribution in [3.05, 3.63) is 67.9 Å². The van der Waals surface area contributed by atoms with Crippen LogP contribution in [0.2, 0.25) is 5.02 Å². The van der Waals surface area contributed by atoms with E-state index in [-0.39, 0.29) is 5.63 Å². The molecule has 4 heteroatoms. The van der Waals surface area contributed by atoms with Crippen LogP contribution in [0, 0.1) is 6.92 Å². The van der Waals surface area contributed by atoms with Crippen LogP contribution in [0.5, 0.6) is 0 Å². The number of aryl methyl sites for hydroxylation is 1. The van der Waals surface area contributed by atoms with Crippen molar-refractivity contribution in [1.29, 1.82) is 0 Å². The molecule has 3 rings (SSSR count). The van der Waals surface area contributed by atoms with Crippen molar-refractivity contribution in [2.45, 2.75) is 6.92 Å². The molecule has 0 spiro atoms. The van der Waals surface area contributed by atoms with Crippen LogP contribution < -0.4 is 5.63 Å². The van der Waals surface area contributed by atoms with Crippen LogP contribution >= 0.6 is 27.5 Å². The first-order valence-electron chi connectivity index (χ1n) is 6.04.